The van der Waals surface area contributed by atoms with E-state index in [1.165, 1.54) is 70.9 Å². The Labute approximate surface area is 116 Å². The molecule has 0 radical (unpaired) electrons. The minimum absolute atomic E-state index is 0.849. The molecule has 0 saturated carbocycles. The van der Waals surface area contributed by atoms with Gasteiger partial charge in [-0.3, -0.25) is 0 Å². The van der Waals surface area contributed by atoms with Gasteiger partial charge in [0.1, 0.15) is 0 Å². The molecule has 18 heavy (non-hydrogen) atoms. The Balaban J connectivity index is 3.38. The standard InChI is InChI=1S/C17H37N/c1-5-8-9-10-14-18-15-16(4)12-13-17(7-3)11-6-2/h16-18H,5-15H2,1-4H3. The summed E-state index contributed by atoms with van der Waals surface area (Å²) in [6.45, 7) is 11.8. The molecule has 0 aromatic carbocycles. The lowest BCUT2D eigenvalue weighted by atomic mass is 9.91. The van der Waals surface area contributed by atoms with Crippen LogP contribution in [0.1, 0.15) is 85.5 Å². The molecule has 0 rings (SSSR count). The maximum Gasteiger partial charge on any atom is -0.00232 e. The van der Waals surface area contributed by atoms with Gasteiger partial charge >= 0.3 is 0 Å². The molecule has 1 N–H and O–H groups in total. The zero-order valence-corrected chi connectivity index (χ0v) is 13.4. The van der Waals surface area contributed by atoms with E-state index in [0.29, 0.717) is 0 Å². The highest BCUT2D eigenvalue weighted by Crippen LogP contribution is 2.19. The molecule has 110 valence electrons. The normalized spacial score (nSPS) is 14.7. The third-order valence-corrected chi connectivity index (χ3v) is 4.04. The zero-order valence-electron chi connectivity index (χ0n) is 13.4. The molecule has 2 atom stereocenters. The van der Waals surface area contributed by atoms with Crippen LogP contribution in [0.15, 0.2) is 0 Å². The fourth-order valence-corrected chi connectivity index (χ4v) is 2.61. The van der Waals surface area contributed by atoms with Gasteiger partial charge in [-0.25, -0.2) is 0 Å². The molecule has 0 amide bonds. The van der Waals surface area contributed by atoms with E-state index < -0.39 is 0 Å². The molecule has 2 unspecified atom stereocenters. The van der Waals surface area contributed by atoms with Gasteiger partial charge in [0, 0.05) is 0 Å². The average molecular weight is 255 g/mol. The molecule has 0 aliphatic heterocycles. The molecule has 0 bridgehead atoms. The third kappa shape index (κ3) is 11.1. The predicted molar refractivity (Wildman–Crippen MR) is 84.1 cm³/mol. The molecule has 0 spiro atoms. The maximum atomic E-state index is 3.62. The molecule has 1 heteroatoms. The fourth-order valence-electron chi connectivity index (χ4n) is 2.61. The number of hydrogen-bond acceptors (Lipinski definition) is 1. The van der Waals surface area contributed by atoms with Crippen LogP contribution >= 0.6 is 0 Å². The second kappa shape index (κ2) is 13.4. The van der Waals surface area contributed by atoms with E-state index >= 15 is 0 Å². The van der Waals surface area contributed by atoms with E-state index in [1.807, 2.05) is 0 Å². The Morgan fingerprint density at radius 3 is 2.22 bits per heavy atom. The van der Waals surface area contributed by atoms with Crippen molar-refractivity contribution >= 4 is 0 Å². The third-order valence-electron chi connectivity index (χ3n) is 4.04. The predicted octanol–water partition coefficient (Wildman–Crippen LogP) is 5.40. The first-order valence-electron chi connectivity index (χ1n) is 8.45. The summed E-state index contributed by atoms with van der Waals surface area (Å²) in [7, 11) is 0. The van der Waals surface area contributed by atoms with Crippen LogP contribution in [0, 0.1) is 11.8 Å². The molecule has 0 saturated heterocycles. The molecule has 0 aromatic heterocycles. The topological polar surface area (TPSA) is 12.0 Å². The van der Waals surface area contributed by atoms with Gasteiger partial charge in [0.05, 0.1) is 0 Å². The van der Waals surface area contributed by atoms with Crippen molar-refractivity contribution < 1.29 is 0 Å². The number of hydrogen-bond donors (Lipinski definition) is 1. The summed E-state index contributed by atoms with van der Waals surface area (Å²) in [5.41, 5.74) is 0. The highest BCUT2D eigenvalue weighted by Gasteiger charge is 2.08. The lowest BCUT2D eigenvalue weighted by Crippen LogP contribution is -2.22. The summed E-state index contributed by atoms with van der Waals surface area (Å²) in [6.07, 6.45) is 12.5. The van der Waals surface area contributed by atoms with E-state index in [2.05, 4.69) is 33.0 Å². The first kappa shape index (κ1) is 18.0. The molecular weight excluding hydrogens is 218 g/mol. The van der Waals surface area contributed by atoms with Gasteiger partial charge < -0.3 is 5.32 Å². The SMILES string of the molecule is CCCCCCNCC(C)CCC(CC)CCC. The van der Waals surface area contributed by atoms with Crippen LogP contribution in [0.4, 0.5) is 0 Å². The Kier molecular flexibility index (Phi) is 13.4. The Morgan fingerprint density at radius 1 is 0.833 bits per heavy atom. The van der Waals surface area contributed by atoms with Gasteiger partial charge in [0.25, 0.3) is 0 Å². The molecule has 0 aliphatic carbocycles. The van der Waals surface area contributed by atoms with Crippen molar-refractivity contribution in [3.63, 3.8) is 0 Å². The second-order valence-electron chi connectivity index (χ2n) is 6.01. The van der Waals surface area contributed by atoms with Gasteiger partial charge in [-0.2, -0.15) is 0 Å². The molecule has 0 heterocycles. The lowest BCUT2D eigenvalue weighted by molar-refractivity contribution is 0.367. The van der Waals surface area contributed by atoms with Crippen LogP contribution in [0.25, 0.3) is 0 Å². The van der Waals surface area contributed by atoms with E-state index in [9.17, 15) is 0 Å². The Hall–Kier alpha value is -0.0400. The van der Waals surface area contributed by atoms with Gasteiger partial charge in [-0.05, 0) is 37.8 Å². The molecule has 0 aromatic rings. The summed E-state index contributed by atoms with van der Waals surface area (Å²) >= 11 is 0. The van der Waals surface area contributed by atoms with Crippen LogP contribution in [0.5, 0.6) is 0 Å². The van der Waals surface area contributed by atoms with Crippen molar-refractivity contribution in [2.75, 3.05) is 13.1 Å². The largest absolute Gasteiger partial charge is 0.316 e. The van der Waals surface area contributed by atoms with Crippen molar-refractivity contribution in [2.24, 2.45) is 11.8 Å². The van der Waals surface area contributed by atoms with E-state index in [-0.39, 0.29) is 0 Å². The van der Waals surface area contributed by atoms with Crippen LogP contribution in [-0.4, -0.2) is 13.1 Å². The molecular formula is C17H37N. The fraction of sp³-hybridized carbons (Fsp3) is 1.00. The lowest BCUT2D eigenvalue weighted by Gasteiger charge is -2.17. The summed E-state index contributed by atoms with van der Waals surface area (Å²) < 4.78 is 0. The first-order chi connectivity index (χ1) is 8.74. The summed E-state index contributed by atoms with van der Waals surface area (Å²) in [4.78, 5) is 0. The van der Waals surface area contributed by atoms with Crippen molar-refractivity contribution in [3.05, 3.63) is 0 Å². The Morgan fingerprint density at radius 2 is 1.61 bits per heavy atom. The molecule has 1 nitrogen and oxygen atoms in total. The molecule has 0 fully saturated rings. The minimum Gasteiger partial charge on any atom is -0.316 e. The number of nitrogens with one attached hydrogen (secondary N) is 1. The number of unbranched alkanes of at least 4 members (excludes halogenated alkanes) is 3. The van der Waals surface area contributed by atoms with Crippen LogP contribution in [0.3, 0.4) is 0 Å². The zero-order chi connectivity index (χ0) is 13.6. The Bertz CT molecular complexity index is 156. The summed E-state index contributed by atoms with van der Waals surface area (Å²) in [6, 6.07) is 0. The van der Waals surface area contributed by atoms with Crippen molar-refractivity contribution in [2.45, 2.75) is 85.5 Å². The van der Waals surface area contributed by atoms with Crippen LogP contribution in [-0.2, 0) is 0 Å². The molecule has 0 aliphatic rings. The van der Waals surface area contributed by atoms with Crippen molar-refractivity contribution in [1.29, 1.82) is 0 Å². The monoisotopic (exact) mass is 255 g/mol. The van der Waals surface area contributed by atoms with Gasteiger partial charge in [-0.1, -0.05) is 72.6 Å². The average Bonchev–Trinajstić information content (AvgIpc) is 2.38. The first-order valence-corrected chi connectivity index (χ1v) is 8.45. The van der Waals surface area contributed by atoms with Gasteiger partial charge in [0.15, 0.2) is 0 Å². The quantitative estimate of drug-likeness (QED) is 0.435. The highest BCUT2D eigenvalue weighted by molar-refractivity contribution is 4.62. The van der Waals surface area contributed by atoms with Crippen LogP contribution < -0.4 is 5.32 Å². The maximum absolute atomic E-state index is 3.62. The number of rotatable bonds is 13. The van der Waals surface area contributed by atoms with Crippen molar-refractivity contribution in [1.82, 2.24) is 5.32 Å². The van der Waals surface area contributed by atoms with E-state index in [1.54, 1.807) is 0 Å². The van der Waals surface area contributed by atoms with Crippen molar-refractivity contribution in [3.8, 4) is 0 Å². The summed E-state index contributed by atoms with van der Waals surface area (Å²) in [5.74, 6) is 1.82. The van der Waals surface area contributed by atoms with Gasteiger partial charge in [-0.15, -0.1) is 0 Å². The highest BCUT2D eigenvalue weighted by atomic mass is 14.8. The minimum atomic E-state index is 0.849. The summed E-state index contributed by atoms with van der Waals surface area (Å²) in [5, 5.41) is 3.62. The van der Waals surface area contributed by atoms with E-state index in [0.717, 1.165) is 11.8 Å². The van der Waals surface area contributed by atoms with E-state index in [4.69, 9.17) is 0 Å². The smallest absolute Gasteiger partial charge is 0.00232 e. The van der Waals surface area contributed by atoms with Gasteiger partial charge in [0.2, 0.25) is 0 Å². The van der Waals surface area contributed by atoms with Crippen LogP contribution in [0.2, 0.25) is 0 Å². The second-order valence-corrected chi connectivity index (χ2v) is 6.01.